The van der Waals surface area contributed by atoms with E-state index in [1.54, 1.807) is 44.2 Å². The van der Waals surface area contributed by atoms with Gasteiger partial charge in [-0.1, -0.05) is 43.7 Å². The zero-order chi connectivity index (χ0) is 24.2. The van der Waals surface area contributed by atoms with E-state index in [2.05, 4.69) is 10.6 Å². The first-order valence-corrected chi connectivity index (χ1v) is 12.5. The van der Waals surface area contributed by atoms with Crippen LogP contribution in [-0.4, -0.2) is 43.7 Å². The number of hydrogen-bond acceptors (Lipinski definition) is 4. The van der Waals surface area contributed by atoms with Crippen molar-refractivity contribution in [2.45, 2.75) is 44.6 Å². The number of piperidine rings is 1. The van der Waals surface area contributed by atoms with Gasteiger partial charge in [0.2, 0.25) is 21.8 Å². The first-order chi connectivity index (χ1) is 15.6. The second-order valence-corrected chi connectivity index (χ2v) is 10.6. The van der Waals surface area contributed by atoms with Crippen LogP contribution >= 0.6 is 0 Å². The summed E-state index contributed by atoms with van der Waals surface area (Å²) in [6.07, 6.45) is 0.716. The van der Waals surface area contributed by atoms with E-state index in [0.717, 1.165) is 5.56 Å². The van der Waals surface area contributed by atoms with Crippen molar-refractivity contribution in [3.05, 3.63) is 59.9 Å². The van der Waals surface area contributed by atoms with Gasteiger partial charge >= 0.3 is 0 Å². The SMILES string of the molecule is Cc1ccc(S(=O)(=O)N2CCC(C(=O)NC(C(=O)Nc3ccccc3F)C(C)C)CC2)cc1. The molecule has 1 aliphatic rings. The van der Waals surface area contributed by atoms with Crippen LogP contribution in [0.3, 0.4) is 0 Å². The Morgan fingerprint density at radius 1 is 1.03 bits per heavy atom. The van der Waals surface area contributed by atoms with Crippen molar-refractivity contribution in [1.82, 2.24) is 9.62 Å². The van der Waals surface area contributed by atoms with E-state index in [0.29, 0.717) is 12.8 Å². The zero-order valence-corrected chi connectivity index (χ0v) is 19.9. The lowest BCUT2D eigenvalue weighted by atomic mass is 9.95. The van der Waals surface area contributed by atoms with Crippen molar-refractivity contribution >= 4 is 27.5 Å². The lowest BCUT2D eigenvalue weighted by Gasteiger charge is -2.32. The first-order valence-electron chi connectivity index (χ1n) is 11.0. The number of halogens is 1. The van der Waals surface area contributed by atoms with Crippen molar-refractivity contribution in [1.29, 1.82) is 0 Å². The van der Waals surface area contributed by atoms with Crippen molar-refractivity contribution in [3.8, 4) is 0 Å². The van der Waals surface area contributed by atoms with Crippen molar-refractivity contribution < 1.29 is 22.4 Å². The van der Waals surface area contributed by atoms with Crippen LogP contribution in [0.2, 0.25) is 0 Å². The molecule has 7 nitrogen and oxygen atoms in total. The first kappa shape index (κ1) is 24.9. The molecule has 1 unspecified atom stereocenters. The Balaban J connectivity index is 1.60. The Kier molecular flexibility index (Phi) is 7.86. The Morgan fingerprint density at radius 2 is 1.64 bits per heavy atom. The predicted molar refractivity (Wildman–Crippen MR) is 124 cm³/mol. The summed E-state index contributed by atoms with van der Waals surface area (Å²) in [5.74, 6) is -1.98. The number of para-hydroxylation sites is 1. The third kappa shape index (κ3) is 5.97. The van der Waals surface area contributed by atoms with Crippen molar-refractivity contribution in [2.75, 3.05) is 18.4 Å². The molecular formula is C24H30FN3O4S. The van der Waals surface area contributed by atoms with Gasteiger partial charge in [0.1, 0.15) is 11.9 Å². The maximum atomic E-state index is 13.9. The van der Waals surface area contributed by atoms with Crippen LogP contribution in [0.1, 0.15) is 32.3 Å². The van der Waals surface area contributed by atoms with Gasteiger partial charge < -0.3 is 10.6 Å². The van der Waals surface area contributed by atoms with E-state index in [1.807, 2.05) is 6.92 Å². The van der Waals surface area contributed by atoms with E-state index < -0.39 is 33.7 Å². The van der Waals surface area contributed by atoms with E-state index in [1.165, 1.54) is 22.5 Å². The molecule has 0 saturated carbocycles. The molecule has 1 fully saturated rings. The van der Waals surface area contributed by atoms with Crippen LogP contribution in [0.25, 0.3) is 0 Å². The summed E-state index contributed by atoms with van der Waals surface area (Å²) < 4.78 is 41.0. The number of hydrogen-bond donors (Lipinski definition) is 2. The van der Waals surface area contributed by atoms with Crippen molar-refractivity contribution in [3.63, 3.8) is 0 Å². The third-order valence-corrected chi connectivity index (χ3v) is 7.77. The summed E-state index contributed by atoms with van der Waals surface area (Å²) >= 11 is 0. The molecule has 1 atom stereocenters. The minimum atomic E-state index is -3.61. The normalized spacial score (nSPS) is 16.4. The molecule has 0 radical (unpaired) electrons. The lowest BCUT2D eigenvalue weighted by Crippen LogP contribution is -2.51. The highest BCUT2D eigenvalue weighted by Crippen LogP contribution is 2.25. The number of carbonyl (C=O) groups is 2. The topological polar surface area (TPSA) is 95.6 Å². The lowest BCUT2D eigenvalue weighted by molar-refractivity contribution is -0.130. The average molecular weight is 476 g/mol. The van der Waals surface area contributed by atoms with Crippen LogP contribution in [0.4, 0.5) is 10.1 Å². The van der Waals surface area contributed by atoms with E-state index in [9.17, 15) is 22.4 Å². The summed E-state index contributed by atoms with van der Waals surface area (Å²) in [6.45, 7) is 5.93. The van der Waals surface area contributed by atoms with Gasteiger partial charge in [0.15, 0.2) is 0 Å². The fourth-order valence-corrected chi connectivity index (χ4v) is 5.27. The molecule has 9 heteroatoms. The Hall–Kier alpha value is -2.78. The smallest absolute Gasteiger partial charge is 0.247 e. The van der Waals surface area contributed by atoms with Crippen LogP contribution in [0.15, 0.2) is 53.4 Å². The van der Waals surface area contributed by atoms with Gasteiger partial charge in [0, 0.05) is 19.0 Å². The molecule has 1 aliphatic heterocycles. The summed E-state index contributed by atoms with van der Waals surface area (Å²) in [5, 5.41) is 5.31. The number of aryl methyl sites for hydroxylation is 1. The van der Waals surface area contributed by atoms with E-state index in [-0.39, 0.29) is 35.5 Å². The summed E-state index contributed by atoms with van der Waals surface area (Å²) in [4.78, 5) is 25.8. The van der Waals surface area contributed by atoms with Gasteiger partial charge in [-0.15, -0.1) is 0 Å². The number of amides is 2. The van der Waals surface area contributed by atoms with Gasteiger partial charge in [-0.2, -0.15) is 4.31 Å². The molecule has 0 aromatic heterocycles. The van der Waals surface area contributed by atoms with Gasteiger partial charge in [0.25, 0.3) is 0 Å². The number of anilines is 1. The molecule has 2 N–H and O–H groups in total. The summed E-state index contributed by atoms with van der Waals surface area (Å²) in [5.41, 5.74) is 1.03. The third-order valence-electron chi connectivity index (χ3n) is 5.86. The highest BCUT2D eigenvalue weighted by atomic mass is 32.2. The quantitative estimate of drug-likeness (QED) is 0.642. The van der Waals surface area contributed by atoms with Crippen LogP contribution < -0.4 is 10.6 Å². The number of carbonyl (C=O) groups excluding carboxylic acids is 2. The molecule has 3 rings (SSSR count). The number of nitrogens with zero attached hydrogens (tertiary/aromatic N) is 1. The predicted octanol–water partition coefficient (Wildman–Crippen LogP) is 3.31. The zero-order valence-electron chi connectivity index (χ0n) is 19.0. The molecule has 2 aromatic rings. The highest BCUT2D eigenvalue weighted by molar-refractivity contribution is 7.89. The van der Waals surface area contributed by atoms with Gasteiger partial charge in [-0.3, -0.25) is 9.59 Å². The molecule has 0 spiro atoms. The molecule has 1 heterocycles. The second-order valence-electron chi connectivity index (χ2n) is 8.69. The monoisotopic (exact) mass is 475 g/mol. The molecule has 33 heavy (non-hydrogen) atoms. The van der Waals surface area contributed by atoms with Crippen molar-refractivity contribution in [2.24, 2.45) is 11.8 Å². The summed E-state index contributed by atoms with van der Waals surface area (Å²) in [6, 6.07) is 11.7. The van der Waals surface area contributed by atoms with Crippen LogP contribution in [0.5, 0.6) is 0 Å². The molecule has 178 valence electrons. The Labute approximate surface area is 194 Å². The average Bonchev–Trinajstić information content (AvgIpc) is 2.79. The number of benzene rings is 2. The molecule has 2 amide bonds. The highest BCUT2D eigenvalue weighted by Gasteiger charge is 2.34. The number of nitrogens with one attached hydrogen (secondary N) is 2. The van der Waals surface area contributed by atoms with Gasteiger partial charge in [0.05, 0.1) is 10.6 Å². The van der Waals surface area contributed by atoms with Crippen LogP contribution in [-0.2, 0) is 19.6 Å². The van der Waals surface area contributed by atoms with Gasteiger partial charge in [-0.25, -0.2) is 12.8 Å². The largest absolute Gasteiger partial charge is 0.344 e. The molecule has 1 saturated heterocycles. The maximum Gasteiger partial charge on any atom is 0.247 e. The van der Waals surface area contributed by atoms with Gasteiger partial charge in [-0.05, 0) is 49.9 Å². The molecular weight excluding hydrogens is 445 g/mol. The molecule has 0 bridgehead atoms. The van der Waals surface area contributed by atoms with Crippen LogP contribution in [0, 0.1) is 24.6 Å². The molecule has 0 aliphatic carbocycles. The summed E-state index contributed by atoms with van der Waals surface area (Å²) in [7, 11) is -3.61. The Bertz CT molecular complexity index is 1090. The second kappa shape index (κ2) is 10.4. The van der Waals surface area contributed by atoms with E-state index >= 15 is 0 Å². The Morgan fingerprint density at radius 3 is 2.21 bits per heavy atom. The fraction of sp³-hybridized carbons (Fsp3) is 0.417. The molecule has 2 aromatic carbocycles. The minimum Gasteiger partial charge on any atom is -0.344 e. The standard InChI is InChI=1S/C24H30FN3O4S/c1-16(2)22(24(30)26-21-7-5-4-6-20(21)25)27-23(29)18-12-14-28(15-13-18)33(31,32)19-10-8-17(3)9-11-19/h4-11,16,18,22H,12-15H2,1-3H3,(H,26,30)(H,27,29). The number of sulfonamides is 1. The van der Waals surface area contributed by atoms with E-state index in [4.69, 9.17) is 0 Å². The fourth-order valence-electron chi connectivity index (χ4n) is 3.80. The maximum absolute atomic E-state index is 13.9. The minimum absolute atomic E-state index is 0.0528. The number of rotatable bonds is 7.